The summed E-state index contributed by atoms with van der Waals surface area (Å²) in [5.74, 6) is -2.03. The quantitative estimate of drug-likeness (QED) is 0.444. The van der Waals surface area contributed by atoms with Crippen LogP contribution < -0.4 is 0 Å². The van der Waals surface area contributed by atoms with E-state index in [1.54, 1.807) is 12.1 Å². The average Bonchev–Trinajstić information content (AvgIpc) is 2.57. The molecular formula is C19H15NO4. The first-order valence-corrected chi connectivity index (χ1v) is 7.13. The van der Waals surface area contributed by atoms with Crippen molar-refractivity contribution in [2.45, 2.75) is 6.42 Å². The first kappa shape index (κ1) is 16.8. The number of hydrogen-bond donors (Lipinski definition) is 3. The lowest BCUT2D eigenvalue weighted by molar-refractivity contribution is -0.132. The third-order valence-corrected chi connectivity index (χ3v) is 3.38. The van der Waals surface area contributed by atoms with E-state index in [-0.39, 0.29) is 23.5 Å². The lowest BCUT2D eigenvalue weighted by Crippen LogP contribution is -2.02. The lowest BCUT2D eigenvalue weighted by Gasteiger charge is -2.08. The number of allylic oxidation sites excluding steroid dienone is 2. The number of carboxylic acids is 1. The van der Waals surface area contributed by atoms with E-state index in [0.29, 0.717) is 5.56 Å². The van der Waals surface area contributed by atoms with Crippen LogP contribution in [0.4, 0.5) is 0 Å². The summed E-state index contributed by atoms with van der Waals surface area (Å²) in [5, 5.41) is 37.4. The molecule has 0 bridgehead atoms. The van der Waals surface area contributed by atoms with Gasteiger partial charge in [-0.3, -0.25) is 0 Å². The second-order valence-electron chi connectivity index (χ2n) is 4.99. The van der Waals surface area contributed by atoms with Crippen LogP contribution in [0.5, 0.6) is 11.5 Å². The SMILES string of the molecule is N#CC(C(=O)O)=C(CC=Cc1ccccc1)c1ccc(O)c(O)c1. The molecule has 0 saturated carbocycles. The molecule has 24 heavy (non-hydrogen) atoms. The smallest absolute Gasteiger partial charge is 0.346 e. The molecule has 0 heterocycles. The summed E-state index contributed by atoms with van der Waals surface area (Å²) in [6.07, 6.45) is 3.75. The van der Waals surface area contributed by atoms with Crippen LogP contribution in [0.15, 0.2) is 60.2 Å². The van der Waals surface area contributed by atoms with Crippen molar-refractivity contribution in [1.82, 2.24) is 0 Å². The van der Waals surface area contributed by atoms with Crippen LogP contribution in [0.2, 0.25) is 0 Å². The Kier molecular flexibility index (Phi) is 5.37. The molecule has 120 valence electrons. The number of nitriles is 1. The van der Waals surface area contributed by atoms with E-state index < -0.39 is 11.5 Å². The van der Waals surface area contributed by atoms with Gasteiger partial charge in [0.25, 0.3) is 0 Å². The molecule has 0 aliphatic carbocycles. The Morgan fingerprint density at radius 3 is 2.38 bits per heavy atom. The zero-order valence-electron chi connectivity index (χ0n) is 12.7. The van der Waals surface area contributed by atoms with Crippen LogP contribution in [-0.4, -0.2) is 21.3 Å². The Labute approximate surface area is 139 Å². The highest BCUT2D eigenvalue weighted by Crippen LogP contribution is 2.31. The summed E-state index contributed by atoms with van der Waals surface area (Å²) in [6, 6.07) is 15.1. The van der Waals surface area contributed by atoms with Crippen LogP contribution >= 0.6 is 0 Å². The minimum atomic E-state index is -1.34. The Morgan fingerprint density at radius 2 is 1.79 bits per heavy atom. The fourth-order valence-electron chi connectivity index (χ4n) is 2.20. The summed E-state index contributed by atoms with van der Waals surface area (Å²) < 4.78 is 0. The van der Waals surface area contributed by atoms with Crippen LogP contribution in [-0.2, 0) is 4.79 Å². The molecule has 2 aromatic carbocycles. The van der Waals surface area contributed by atoms with Crippen LogP contribution in [0, 0.1) is 11.3 Å². The molecule has 0 fully saturated rings. The third-order valence-electron chi connectivity index (χ3n) is 3.38. The molecule has 0 atom stereocenters. The van der Waals surface area contributed by atoms with Crippen molar-refractivity contribution >= 4 is 17.6 Å². The third kappa shape index (κ3) is 4.02. The Morgan fingerprint density at radius 1 is 1.08 bits per heavy atom. The maximum absolute atomic E-state index is 11.3. The molecule has 0 aliphatic rings. The van der Waals surface area contributed by atoms with Gasteiger partial charge in [-0.05, 0) is 35.3 Å². The van der Waals surface area contributed by atoms with Gasteiger partial charge in [-0.25, -0.2) is 4.79 Å². The highest BCUT2D eigenvalue weighted by molar-refractivity contribution is 6.01. The number of rotatable bonds is 5. The number of carbonyl (C=O) groups is 1. The Bertz CT molecular complexity index is 845. The topological polar surface area (TPSA) is 102 Å². The molecule has 2 aromatic rings. The van der Waals surface area contributed by atoms with Crippen LogP contribution in [0.3, 0.4) is 0 Å². The fraction of sp³-hybridized carbons (Fsp3) is 0.0526. The van der Waals surface area contributed by atoms with Gasteiger partial charge in [0.1, 0.15) is 11.6 Å². The monoisotopic (exact) mass is 321 g/mol. The van der Waals surface area contributed by atoms with Gasteiger partial charge >= 0.3 is 5.97 Å². The van der Waals surface area contributed by atoms with Crippen LogP contribution in [0.25, 0.3) is 11.6 Å². The molecule has 5 heteroatoms. The summed E-state index contributed by atoms with van der Waals surface area (Å²) in [5.41, 5.74) is 1.16. The van der Waals surface area contributed by atoms with Crippen molar-refractivity contribution in [2.24, 2.45) is 0 Å². The maximum Gasteiger partial charge on any atom is 0.346 e. The van der Waals surface area contributed by atoms with E-state index in [9.17, 15) is 20.1 Å². The van der Waals surface area contributed by atoms with Crippen LogP contribution in [0.1, 0.15) is 17.5 Å². The molecule has 0 amide bonds. The van der Waals surface area contributed by atoms with Crippen molar-refractivity contribution in [3.05, 3.63) is 71.3 Å². The van der Waals surface area contributed by atoms with Gasteiger partial charge in [-0.15, -0.1) is 0 Å². The first-order chi connectivity index (χ1) is 11.5. The maximum atomic E-state index is 11.3. The van der Waals surface area contributed by atoms with Gasteiger partial charge in [0.15, 0.2) is 11.5 Å². The fourth-order valence-corrected chi connectivity index (χ4v) is 2.20. The highest BCUT2D eigenvalue weighted by atomic mass is 16.4. The average molecular weight is 321 g/mol. The largest absolute Gasteiger partial charge is 0.504 e. The van der Waals surface area contributed by atoms with E-state index in [1.807, 2.05) is 36.4 Å². The van der Waals surface area contributed by atoms with Gasteiger partial charge in [-0.2, -0.15) is 5.26 Å². The number of aliphatic carboxylic acids is 1. The van der Waals surface area contributed by atoms with E-state index in [4.69, 9.17) is 5.26 Å². The molecule has 0 spiro atoms. The van der Waals surface area contributed by atoms with Gasteiger partial charge < -0.3 is 15.3 Å². The number of carboxylic acid groups (broad SMARTS) is 1. The molecule has 0 unspecified atom stereocenters. The minimum Gasteiger partial charge on any atom is -0.504 e. The number of phenolic OH excluding ortho intramolecular Hbond substituents is 2. The van der Waals surface area contributed by atoms with E-state index in [1.165, 1.54) is 18.2 Å². The van der Waals surface area contributed by atoms with Gasteiger partial charge in [0.2, 0.25) is 0 Å². The lowest BCUT2D eigenvalue weighted by atomic mass is 9.96. The standard InChI is InChI=1S/C19H15NO4/c20-12-16(19(23)24)15(14-9-10-17(21)18(22)11-14)8-4-7-13-5-2-1-3-6-13/h1-7,9-11,21-22H,8H2,(H,23,24). The summed E-state index contributed by atoms with van der Waals surface area (Å²) >= 11 is 0. The summed E-state index contributed by atoms with van der Waals surface area (Å²) in [7, 11) is 0. The molecule has 0 aliphatic heterocycles. The highest BCUT2D eigenvalue weighted by Gasteiger charge is 2.16. The molecule has 2 rings (SSSR count). The zero-order chi connectivity index (χ0) is 17.5. The molecule has 3 N–H and O–H groups in total. The Hall–Kier alpha value is -3.52. The van der Waals surface area contributed by atoms with Crippen molar-refractivity contribution in [1.29, 1.82) is 5.26 Å². The molecule has 0 aromatic heterocycles. The van der Waals surface area contributed by atoms with Gasteiger partial charge in [0, 0.05) is 0 Å². The van der Waals surface area contributed by atoms with Gasteiger partial charge in [0.05, 0.1) is 0 Å². The number of benzene rings is 2. The van der Waals surface area contributed by atoms with Crippen molar-refractivity contribution in [3.63, 3.8) is 0 Å². The molecule has 5 nitrogen and oxygen atoms in total. The van der Waals surface area contributed by atoms with Gasteiger partial charge in [-0.1, -0.05) is 48.6 Å². The molecule has 0 radical (unpaired) electrons. The second-order valence-corrected chi connectivity index (χ2v) is 4.99. The number of aromatic hydroxyl groups is 2. The first-order valence-electron chi connectivity index (χ1n) is 7.13. The van der Waals surface area contributed by atoms with E-state index in [0.717, 1.165) is 5.56 Å². The number of phenols is 2. The van der Waals surface area contributed by atoms with Crippen molar-refractivity contribution < 1.29 is 20.1 Å². The summed E-state index contributed by atoms with van der Waals surface area (Å²) in [6.45, 7) is 0. The molecule has 0 saturated heterocycles. The van der Waals surface area contributed by atoms with Crippen molar-refractivity contribution in [2.75, 3.05) is 0 Å². The normalized spacial score (nSPS) is 11.8. The zero-order valence-corrected chi connectivity index (χ0v) is 12.7. The number of hydrogen-bond acceptors (Lipinski definition) is 4. The Balaban J connectivity index is 2.41. The van der Waals surface area contributed by atoms with E-state index >= 15 is 0 Å². The second kappa shape index (κ2) is 7.65. The number of nitrogens with zero attached hydrogens (tertiary/aromatic N) is 1. The van der Waals surface area contributed by atoms with Crippen molar-refractivity contribution in [3.8, 4) is 17.6 Å². The van der Waals surface area contributed by atoms with E-state index in [2.05, 4.69) is 0 Å². The molecular weight excluding hydrogens is 306 g/mol. The minimum absolute atomic E-state index is 0.189. The summed E-state index contributed by atoms with van der Waals surface area (Å²) in [4.78, 5) is 11.3. The predicted molar refractivity (Wildman–Crippen MR) is 90.0 cm³/mol. The predicted octanol–water partition coefficient (Wildman–Crippen LogP) is 3.56.